The maximum atomic E-state index is 9.14. The average molecular weight is 225 g/mol. The average Bonchev–Trinajstić information content (AvgIpc) is 2.26. The van der Waals surface area contributed by atoms with Crippen molar-refractivity contribution in [2.75, 3.05) is 12.0 Å². The first-order valence-electron chi connectivity index (χ1n) is 5.26. The van der Waals surface area contributed by atoms with Crippen molar-refractivity contribution in [3.05, 3.63) is 29.8 Å². The summed E-state index contributed by atoms with van der Waals surface area (Å²) in [5, 5.41) is 12.6. The van der Waals surface area contributed by atoms with Gasteiger partial charge in [0.15, 0.2) is 0 Å². The van der Waals surface area contributed by atoms with E-state index in [4.69, 9.17) is 5.11 Å². The Morgan fingerprint density at radius 2 is 2.00 bits per heavy atom. The van der Waals surface area contributed by atoms with Gasteiger partial charge in [-0.05, 0) is 30.4 Å². The van der Waals surface area contributed by atoms with E-state index in [-0.39, 0.29) is 0 Å². The summed E-state index contributed by atoms with van der Waals surface area (Å²) in [6.45, 7) is 3.07. The van der Waals surface area contributed by atoms with Crippen molar-refractivity contribution in [3.8, 4) is 5.75 Å². The SMILES string of the molecule is CCC(CSC)NCc1ccc(O)cc1. The molecule has 1 aromatic rings. The van der Waals surface area contributed by atoms with Gasteiger partial charge in [-0.15, -0.1) is 0 Å². The number of rotatable bonds is 6. The van der Waals surface area contributed by atoms with Crippen molar-refractivity contribution in [2.45, 2.75) is 25.9 Å². The van der Waals surface area contributed by atoms with Gasteiger partial charge in [0.2, 0.25) is 0 Å². The van der Waals surface area contributed by atoms with E-state index in [9.17, 15) is 0 Å². The lowest BCUT2D eigenvalue weighted by Crippen LogP contribution is -2.30. The molecule has 1 atom stereocenters. The third-order valence-corrected chi connectivity index (χ3v) is 3.13. The molecule has 1 rings (SSSR count). The maximum Gasteiger partial charge on any atom is 0.115 e. The highest BCUT2D eigenvalue weighted by molar-refractivity contribution is 7.98. The van der Waals surface area contributed by atoms with Gasteiger partial charge in [0.25, 0.3) is 0 Å². The van der Waals surface area contributed by atoms with E-state index in [2.05, 4.69) is 18.5 Å². The summed E-state index contributed by atoms with van der Waals surface area (Å²) in [6.07, 6.45) is 3.28. The lowest BCUT2D eigenvalue weighted by molar-refractivity contribution is 0.474. The van der Waals surface area contributed by atoms with E-state index < -0.39 is 0 Å². The van der Waals surface area contributed by atoms with Crippen LogP contribution in [0.2, 0.25) is 0 Å². The number of nitrogens with one attached hydrogen (secondary N) is 1. The van der Waals surface area contributed by atoms with E-state index in [1.807, 2.05) is 23.9 Å². The molecule has 0 fully saturated rings. The number of hydrogen-bond donors (Lipinski definition) is 2. The van der Waals surface area contributed by atoms with Crippen molar-refractivity contribution >= 4 is 11.8 Å². The molecule has 0 radical (unpaired) electrons. The van der Waals surface area contributed by atoms with Crippen LogP contribution in [0.15, 0.2) is 24.3 Å². The molecule has 1 aromatic carbocycles. The number of phenolic OH excluding ortho intramolecular Hbond substituents is 1. The highest BCUT2D eigenvalue weighted by atomic mass is 32.2. The van der Waals surface area contributed by atoms with Crippen LogP contribution >= 0.6 is 11.8 Å². The van der Waals surface area contributed by atoms with Crippen molar-refractivity contribution in [3.63, 3.8) is 0 Å². The monoisotopic (exact) mass is 225 g/mol. The highest BCUT2D eigenvalue weighted by Crippen LogP contribution is 2.10. The number of benzene rings is 1. The zero-order chi connectivity index (χ0) is 11.1. The van der Waals surface area contributed by atoms with E-state index >= 15 is 0 Å². The number of aromatic hydroxyl groups is 1. The smallest absolute Gasteiger partial charge is 0.115 e. The lowest BCUT2D eigenvalue weighted by Gasteiger charge is -2.15. The standard InChI is InChI=1S/C12H19NOS/c1-3-11(9-15-2)13-8-10-4-6-12(14)7-5-10/h4-7,11,13-14H,3,8-9H2,1-2H3. The van der Waals surface area contributed by atoms with Gasteiger partial charge in [0.1, 0.15) is 5.75 Å². The highest BCUT2D eigenvalue weighted by Gasteiger charge is 2.03. The first-order chi connectivity index (χ1) is 7.26. The summed E-state index contributed by atoms with van der Waals surface area (Å²) in [5.74, 6) is 1.48. The quantitative estimate of drug-likeness (QED) is 0.780. The van der Waals surface area contributed by atoms with Gasteiger partial charge in [0, 0.05) is 18.3 Å². The summed E-state index contributed by atoms with van der Waals surface area (Å²) >= 11 is 1.87. The predicted molar refractivity (Wildman–Crippen MR) is 67.4 cm³/mol. The largest absolute Gasteiger partial charge is 0.508 e. The Kier molecular flexibility index (Phi) is 5.58. The maximum absolute atomic E-state index is 9.14. The first kappa shape index (κ1) is 12.4. The van der Waals surface area contributed by atoms with E-state index in [1.165, 1.54) is 5.56 Å². The molecular weight excluding hydrogens is 206 g/mol. The van der Waals surface area contributed by atoms with Crippen LogP contribution in [0.4, 0.5) is 0 Å². The minimum absolute atomic E-state index is 0.329. The van der Waals surface area contributed by atoms with E-state index in [0.717, 1.165) is 18.7 Å². The van der Waals surface area contributed by atoms with Crippen LogP contribution in [0, 0.1) is 0 Å². The van der Waals surface area contributed by atoms with Crippen LogP contribution in [-0.2, 0) is 6.54 Å². The number of thioether (sulfide) groups is 1. The Bertz CT molecular complexity index is 273. The molecule has 0 saturated heterocycles. The molecule has 0 aliphatic heterocycles. The molecule has 1 unspecified atom stereocenters. The van der Waals surface area contributed by atoms with Crippen LogP contribution < -0.4 is 5.32 Å². The Balaban J connectivity index is 2.38. The molecule has 0 heterocycles. The van der Waals surface area contributed by atoms with E-state index in [1.54, 1.807) is 12.1 Å². The van der Waals surface area contributed by atoms with Crippen molar-refractivity contribution in [2.24, 2.45) is 0 Å². The van der Waals surface area contributed by atoms with Crippen molar-refractivity contribution in [1.82, 2.24) is 5.32 Å². The summed E-state index contributed by atoms with van der Waals surface area (Å²) in [5.41, 5.74) is 1.22. The normalized spacial score (nSPS) is 12.7. The fraction of sp³-hybridized carbons (Fsp3) is 0.500. The van der Waals surface area contributed by atoms with Crippen LogP contribution in [0.1, 0.15) is 18.9 Å². The molecular formula is C12H19NOS. The molecule has 2 nitrogen and oxygen atoms in total. The van der Waals surface area contributed by atoms with E-state index in [0.29, 0.717) is 11.8 Å². The zero-order valence-corrected chi connectivity index (χ0v) is 10.2. The minimum atomic E-state index is 0.329. The first-order valence-corrected chi connectivity index (χ1v) is 6.66. The molecule has 0 saturated carbocycles. The Morgan fingerprint density at radius 1 is 1.33 bits per heavy atom. The molecule has 2 N–H and O–H groups in total. The zero-order valence-electron chi connectivity index (χ0n) is 9.36. The van der Waals surface area contributed by atoms with Crippen LogP contribution in [0.25, 0.3) is 0 Å². The molecule has 0 bridgehead atoms. The lowest BCUT2D eigenvalue weighted by atomic mass is 10.2. The molecule has 0 aliphatic rings. The molecule has 0 aromatic heterocycles. The van der Waals surface area contributed by atoms with Gasteiger partial charge < -0.3 is 10.4 Å². The summed E-state index contributed by atoms with van der Waals surface area (Å²) in [6, 6.07) is 7.94. The molecule has 3 heteroatoms. The predicted octanol–water partition coefficient (Wildman–Crippen LogP) is 2.62. The summed E-state index contributed by atoms with van der Waals surface area (Å²) in [4.78, 5) is 0. The topological polar surface area (TPSA) is 32.3 Å². The second kappa shape index (κ2) is 6.75. The van der Waals surface area contributed by atoms with Gasteiger partial charge in [-0.3, -0.25) is 0 Å². The van der Waals surface area contributed by atoms with Crippen LogP contribution in [0.5, 0.6) is 5.75 Å². The van der Waals surface area contributed by atoms with Crippen LogP contribution in [-0.4, -0.2) is 23.2 Å². The molecule has 15 heavy (non-hydrogen) atoms. The van der Waals surface area contributed by atoms with Gasteiger partial charge in [0.05, 0.1) is 0 Å². The second-order valence-corrected chi connectivity index (χ2v) is 4.52. The molecule has 0 spiro atoms. The number of hydrogen-bond acceptors (Lipinski definition) is 3. The second-order valence-electron chi connectivity index (χ2n) is 3.61. The Hall–Kier alpha value is -0.670. The third-order valence-electron chi connectivity index (χ3n) is 2.39. The van der Waals surface area contributed by atoms with Crippen LogP contribution in [0.3, 0.4) is 0 Å². The molecule has 0 amide bonds. The van der Waals surface area contributed by atoms with Gasteiger partial charge >= 0.3 is 0 Å². The fourth-order valence-electron chi connectivity index (χ4n) is 1.40. The van der Waals surface area contributed by atoms with Gasteiger partial charge in [-0.2, -0.15) is 11.8 Å². The summed E-state index contributed by atoms with van der Waals surface area (Å²) in [7, 11) is 0. The Labute approximate surface area is 96.1 Å². The summed E-state index contributed by atoms with van der Waals surface area (Å²) < 4.78 is 0. The Morgan fingerprint density at radius 3 is 2.53 bits per heavy atom. The minimum Gasteiger partial charge on any atom is -0.508 e. The number of phenols is 1. The van der Waals surface area contributed by atoms with Crippen molar-refractivity contribution < 1.29 is 5.11 Å². The molecule has 0 aliphatic carbocycles. The third kappa shape index (κ3) is 4.58. The van der Waals surface area contributed by atoms with Gasteiger partial charge in [-0.1, -0.05) is 19.1 Å². The van der Waals surface area contributed by atoms with Crippen molar-refractivity contribution in [1.29, 1.82) is 0 Å². The molecule has 84 valence electrons. The fourth-order valence-corrected chi connectivity index (χ4v) is 2.15. The van der Waals surface area contributed by atoms with Gasteiger partial charge in [-0.25, -0.2) is 0 Å².